The number of ether oxygens (including phenoxy) is 1. The number of rotatable bonds is 8. The van der Waals surface area contributed by atoms with Crippen LogP contribution in [0.5, 0.6) is 0 Å². The number of nitrogens with zero attached hydrogens (tertiary/aromatic N) is 1. The molecule has 0 aliphatic rings. The standard InChI is InChI=1S/C28H34Cl2N2O5Si/c1-17(18-11-12-21(29)22(30)15-18)25(33)31-23-10-8-9-20-19(23)13-14-32(26(20)34)24(27(35)36-5)16-37-38(6,7)28(2,3)4/h8-15,17,24H,16H2,1-7H3,(H,31,33)/t17?,24-/m1/s1. The monoisotopic (exact) mass is 576 g/mol. The van der Waals surface area contributed by atoms with Gasteiger partial charge < -0.3 is 14.5 Å². The van der Waals surface area contributed by atoms with Gasteiger partial charge in [-0.1, -0.05) is 56.1 Å². The first kappa shape index (κ1) is 29.9. The summed E-state index contributed by atoms with van der Waals surface area (Å²) in [5, 5.41) is 4.54. The second-order valence-corrected chi connectivity index (χ2v) is 16.4. The molecule has 0 radical (unpaired) electrons. The molecule has 2 aromatic carbocycles. The van der Waals surface area contributed by atoms with Crippen LogP contribution in [0.2, 0.25) is 28.2 Å². The minimum Gasteiger partial charge on any atom is -0.467 e. The third-order valence-electron chi connectivity index (χ3n) is 7.28. The van der Waals surface area contributed by atoms with Crippen molar-refractivity contribution in [2.24, 2.45) is 0 Å². The van der Waals surface area contributed by atoms with Crippen LogP contribution >= 0.6 is 23.2 Å². The topological polar surface area (TPSA) is 86.6 Å². The summed E-state index contributed by atoms with van der Waals surface area (Å²) in [4.78, 5) is 39.3. The Balaban J connectivity index is 1.94. The van der Waals surface area contributed by atoms with Crippen LogP contribution < -0.4 is 10.9 Å². The molecule has 0 spiro atoms. The Morgan fingerprint density at radius 1 is 1.05 bits per heavy atom. The molecule has 3 rings (SSSR count). The molecule has 10 heteroatoms. The molecule has 1 aromatic heterocycles. The molecule has 1 unspecified atom stereocenters. The van der Waals surface area contributed by atoms with Crippen molar-refractivity contribution >= 4 is 59.9 Å². The van der Waals surface area contributed by atoms with Gasteiger partial charge in [0.15, 0.2) is 14.4 Å². The third-order valence-corrected chi connectivity index (χ3v) is 12.5. The molecule has 1 amide bonds. The molecule has 3 aromatic rings. The number of halogens is 2. The van der Waals surface area contributed by atoms with Gasteiger partial charge in [-0.3, -0.25) is 14.2 Å². The van der Waals surface area contributed by atoms with Crippen LogP contribution in [0, 0.1) is 0 Å². The lowest BCUT2D eigenvalue weighted by Gasteiger charge is -2.37. The SMILES string of the molecule is COC(=O)[C@@H](CO[Si](C)(C)C(C)(C)C)n1ccc2c(NC(=O)C(C)c3ccc(Cl)c(Cl)c3)cccc2c1=O. The lowest BCUT2D eigenvalue weighted by Crippen LogP contribution is -2.44. The fourth-order valence-electron chi connectivity index (χ4n) is 3.72. The molecule has 2 atom stereocenters. The zero-order valence-electron chi connectivity index (χ0n) is 22.7. The van der Waals surface area contributed by atoms with E-state index < -0.39 is 26.2 Å². The third kappa shape index (κ3) is 6.31. The van der Waals surface area contributed by atoms with Gasteiger partial charge >= 0.3 is 5.97 Å². The predicted molar refractivity (Wildman–Crippen MR) is 156 cm³/mol. The molecule has 204 valence electrons. The maximum atomic E-state index is 13.5. The number of nitrogens with one attached hydrogen (secondary N) is 1. The number of anilines is 1. The first-order valence-corrected chi connectivity index (χ1v) is 16.0. The van der Waals surface area contributed by atoms with E-state index in [1.807, 2.05) is 0 Å². The van der Waals surface area contributed by atoms with Gasteiger partial charge in [-0.25, -0.2) is 4.79 Å². The number of methoxy groups -OCH3 is 1. The molecule has 0 aliphatic carbocycles. The number of carbonyl (C=O) groups is 2. The number of hydrogen-bond donors (Lipinski definition) is 1. The highest BCUT2D eigenvalue weighted by molar-refractivity contribution is 6.74. The van der Waals surface area contributed by atoms with E-state index in [1.54, 1.807) is 55.6 Å². The first-order valence-electron chi connectivity index (χ1n) is 12.3. The van der Waals surface area contributed by atoms with E-state index in [4.69, 9.17) is 32.4 Å². The Hall–Kier alpha value is -2.65. The molecule has 7 nitrogen and oxygen atoms in total. The molecule has 0 saturated heterocycles. The van der Waals surface area contributed by atoms with E-state index in [9.17, 15) is 14.4 Å². The molecule has 0 aliphatic heterocycles. The summed E-state index contributed by atoms with van der Waals surface area (Å²) in [6, 6.07) is 10.9. The van der Waals surface area contributed by atoms with Crippen LogP contribution in [-0.2, 0) is 18.8 Å². The second kappa shape index (κ2) is 11.6. The summed E-state index contributed by atoms with van der Waals surface area (Å²) in [6.45, 7) is 12.3. The van der Waals surface area contributed by atoms with Gasteiger partial charge in [0, 0.05) is 22.7 Å². The zero-order chi connectivity index (χ0) is 28.4. The average molecular weight is 578 g/mol. The molecular weight excluding hydrogens is 543 g/mol. The summed E-state index contributed by atoms with van der Waals surface area (Å²) in [7, 11) is -0.901. The smallest absolute Gasteiger partial charge is 0.331 e. The molecule has 0 saturated carbocycles. The van der Waals surface area contributed by atoms with Crippen molar-refractivity contribution in [1.82, 2.24) is 4.57 Å². The van der Waals surface area contributed by atoms with Gasteiger partial charge in [-0.2, -0.15) is 0 Å². The Labute approximate surface area is 234 Å². The van der Waals surface area contributed by atoms with Gasteiger partial charge in [-0.05, 0) is 61.0 Å². The highest BCUT2D eigenvalue weighted by atomic mass is 35.5. The van der Waals surface area contributed by atoms with E-state index in [0.717, 1.165) is 0 Å². The number of amides is 1. The molecule has 38 heavy (non-hydrogen) atoms. The highest BCUT2D eigenvalue weighted by Crippen LogP contribution is 2.37. The second-order valence-electron chi connectivity index (χ2n) is 10.8. The molecule has 0 bridgehead atoms. The van der Waals surface area contributed by atoms with Crippen molar-refractivity contribution in [2.75, 3.05) is 19.0 Å². The number of fused-ring (bicyclic) bond motifs is 1. The molecular formula is C28H34Cl2N2O5Si. The van der Waals surface area contributed by atoms with Gasteiger partial charge in [0.05, 0.1) is 29.7 Å². The number of carbonyl (C=O) groups excluding carboxylic acids is 2. The van der Waals surface area contributed by atoms with Crippen molar-refractivity contribution in [3.63, 3.8) is 0 Å². The van der Waals surface area contributed by atoms with E-state index >= 15 is 0 Å². The maximum absolute atomic E-state index is 13.5. The lowest BCUT2D eigenvalue weighted by atomic mass is 10.00. The van der Waals surface area contributed by atoms with Gasteiger partial charge in [-0.15, -0.1) is 0 Å². The van der Waals surface area contributed by atoms with Crippen LogP contribution in [0.3, 0.4) is 0 Å². The Bertz CT molecular complexity index is 1410. The fourth-order valence-corrected chi connectivity index (χ4v) is 5.04. The lowest BCUT2D eigenvalue weighted by molar-refractivity contribution is -0.145. The highest BCUT2D eigenvalue weighted by Gasteiger charge is 2.38. The quantitative estimate of drug-likeness (QED) is 0.236. The summed E-state index contributed by atoms with van der Waals surface area (Å²) >= 11 is 12.1. The number of esters is 1. The van der Waals surface area contributed by atoms with Crippen LogP contribution in [0.15, 0.2) is 53.5 Å². The molecule has 0 fully saturated rings. The van der Waals surface area contributed by atoms with Gasteiger partial charge in [0.2, 0.25) is 5.91 Å². The Kier molecular flexibility index (Phi) is 9.14. The zero-order valence-corrected chi connectivity index (χ0v) is 25.2. The van der Waals surface area contributed by atoms with Crippen LogP contribution in [-0.4, -0.2) is 38.5 Å². The van der Waals surface area contributed by atoms with E-state index in [-0.39, 0.29) is 23.1 Å². The summed E-state index contributed by atoms with van der Waals surface area (Å²) in [5.74, 6) is -1.35. The van der Waals surface area contributed by atoms with E-state index in [1.165, 1.54) is 11.7 Å². The minimum absolute atomic E-state index is 0.0200. The van der Waals surface area contributed by atoms with Crippen LogP contribution in [0.4, 0.5) is 5.69 Å². The van der Waals surface area contributed by atoms with Crippen molar-refractivity contribution in [1.29, 1.82) is 0 Å². The minimum atomic E-state index is -2.19. The van der Waals surface area contributed by atoms with Crippen molar-refractivity contribution in [3.05, 3.63) is 74.6 Å². The largest absolute Gasteiger partial charge is 0.467 e. The Morgan fingerprint density at radius 2 is 1.74 bits per heavy atom. The maximum Gasteiger partial charge on any atom is 0.331 e. The summed E-state index contributed by atoms with van der Waals surface area (Å²) < 4.78 is 12.6. The molecule has 1 N–H and O–H groups in total. The number of aromatic nitrogens is 1. The van der Waals surface area contributed by atoms with Crippen molar-refractivity contribution in [3.8, 4) is 0 Å². The van der Waals surface area contributed by atoms with Crippen molar-refractivity contribution in [2.45, 2.75) is 57.8 Å². The van der Waals surface area contributed by atoms with Crippen LogP contribution in [0.25, 0.3) is 10.8 Å². The summed E-state index contributed by atoms with van der Waals surface area (Å²) in [5.41, 5.74) is 0.809. The van der Waals surface area contributed by atoms with Gasteiger partial charge in [0.25, 0.3) is 5.56 Å². The van der Waals surface area contributed by atoms with E-state index in [0.29, 0.717) is 32.1 Å². The first-order chi connectivity index (χ1) is 17.7. The fraction of sp³-hybridized carbons (Fsp3) is 0.393. The number of benzene rings is 2. The summed E-state index contributed by atoms with van der Waals surface area (Å²) in [6.07, 6.45) is 1.54. The van der Waals surface area contributed by atoms with E-state index in [2.05, 4.69) is 39.2 Å². The normalized spacial score (nSPS) is 13.7. The molecule has 1 heterocycles. The van der Waals surface area contributed by atoms with Crippen LogP contribution in [0.1, 0.15) is 45.2 Å². The number of hydrogen-bond acceptors (Lipinski definition) is 5. The van der Waals surface area contributed by atoms with Gasteiger partial charge in [0.1, 0.15) is 0 Å². The predicted octanol–water partition coefficient (Wildman–Crippen LogP) is 6.79. The number of pyridine rings is 1. The Morgan fingerprint density at radius 3 is 2.34 bits per heavy atom. The van der Waals surface area contributed by atoms with Crippen molar-refractivity contribution < 1.29 is 18.8 Å². The average Bonchev–Trinajstić information content (AvgIpc) is 2.85.